The van der Waals surface area contributed by atoms with Gasteiger partial charge in [0.25, 0.3) is 0 Å². The van der Waals surface area contributed by atoms with E-state index in [-0.39, 0.29) is 7.43 Å². The molecular weight excluding hydrogens is 408 g/mol. The summed E-state index contributed by atoms with van der Waals surface area (Å²) in [6, 6.07) is 22.7. The van der Waals surface area contributed by atoms with Crippen LogP contribution in [0.2, 0.25) is 0 Å². The van der Waals surface area contributed by atoms with Crippen LogP contribution in [0.3, 0.4) is 0 Å². The number of hydrogen-bond acceptors (Lipinski definition) is 4. The molecule has 0 atom stereocenters. The summed E-state index contributed by atoms with van der Waals surface area (Å²) in [5.74, 6) is 1.06. The van der Waals surface area contributed by atoms with Crippen LogP contribution in [0, 0.1) is 13.8 Å². The third-order valence-corrected chi connectivity index (χ3v) is 5.64. The van der Waals surface area contributed by atoms with Crippen LogP contribution in [-0.2, 0) is 6.42 Å². The smallest absolute Gasteiger partial charge is 0.137 e. The van der Waals surface area contributed by atoms with Gasteiger partial charge in [-0.15, -0.1) is 0 Å². The molecule has 166 valence electrons. The molecule has 3 aromatic heterocycles. The Kier molecular flexibility index (Phi) is 6.55. The summed E-state index contributed by atoms with van der Waals surface area (Å²) in [4.78, 5) is 9.02. The first-order valence-electron chi connectivity index (χ1n) is 10.8. The van der Waals surface area contributed by atoms with Gasteiger partial charge in [-0.25, -0.2) is 0 Å². The lowest BCUT2D eigenvalue weighted by Gasteiger charge is -2.12. The predicted octanol–water partition coefficient (Wildman–Crippen LogP) is 7.42. The highest BCUT2D eigenvalue weighted by Gasteiger charge is 2.17. The average molecular weight is 437 g/mol. The molecule has 33 heavy (non-hydrogen) atoms. The number of rotatable bonds is 2. The van der Waals surface area contributed by atoms with Crippen molar-refractivity contribution < 1.29 is 8.83 Å². The summed E-state index contributed by atoms with van der Waals surface area (Å²) in [6.45, 7) is 5.00. The Hall–Kier alpha value is -3.92. The van der Waals surface area contributed by atoms with Crippen molar-refractivity contribution in [3.63, 3.8) is 0 Å². The van der Waals surface area contributed by atoms with Gasteiger partial charge in [0.1, 0.15) is 11.3 Å². The van der Waals surface area contributed by atoms with E-state index >= 15 is 0 Å². The van der Waals surface area contributed by atoms with Crippen LogP contribution in [-0.4, -0.2) is 17.2 Å². The summed E-state index contributed by atoms with van der Waals surface area (Å²) in [7, 11) is 0. The van der Waals surface area contributed by atoms with E-state index in [1.807, 2.05) is 18.2 Å². The zero-order valence-electron chi connectivity index (χ0n) is 18.2. The molecule has 0 amide bonds. The zero-order valence-corrected chi connectivity index (χ0v) is 18.2. The quantitative estimate of drug-likeness (QED) is 0.289. The van der Waals surface area contributed by atoms with Crippen molar-refractivity contribution in [3.05, 3.63) is 113 Å². The Labute approximate surface area is 194 Å². The van der Waals surface area contributed by atoms with Gasteiger partial charge in [-0.2, -0.15) is 0 Å². The molecule has 0 N–H and O–H groups in total. The molecule has 1 aliphatic heterocycles. The normalized spacial score (nSPS) is 12.2. The largest absolute Gasteiger partial charge is 0.469 e. The number of hydrogen-bond donors (Lipinski definition) is 0. The zero-order chi connectivity index (χ0) is 21.9. The molecule has 4 heteroatoms. The SMILES string of the molecule is C.Cc1ccc(-c2nccc3occc23)cc1.Cc1ccc(C2=NCCc3occc32)cc1. The van der Waals surface area contributed by atoms with Crippen LogP contribution in [0.1, 0.15) is 35.4 Å². The molecule has 0 radical (unpaired) electrons. The third-order valence-electron chi connectivity index (χ3n) is 5.64. The first kappa shape index (κ1) is 22.3. The van der Waals surface area contributed by atoms with E-state index in [0.29, 0.717) is 0 Å². The van der Waals surface area contributed by atoms with E-state index < -0.39 is 0 Å². The maximum Gasteiger partial charge on any atom is 0.137 e. The Bertz CT molecular complexity index is 1370. The van der Waals surface area contributed by atoms with Crippen molar-refractivity contribution in [2.75, 3.05) is 6.54 Å². The van der Waals surface area contributed by atoms with Crippen LogP contribution < -0.4 is 0 Å². The molecular formula is C29H28N2O2. The summed E-state index contributed by atoms with van der Waals surface area (Å²) in [6.07, 6.45) is 6.14. The summed E-state index contributed by atoms with van der Waals surface area (Å²) in [5.41, 5.74) is 8.89. The van der Waals surface area contributed by atoms with Crippen molar-refractivity contribution in [1.29, 1.82) is 0 Å². The van der Waals surface area contributed by atoms with E-state index in [0.717, 1.165) is 52.2 Å². The second kappa shape index (κ2) is 9.70. The summed E-state index contributed by atoms with van der Waals surface area (Å²) in [5, 5.41) is 1.06. The van der Waals surface area contributed by atoms with Crippen molar-refractivity contribution >= 4 is 16.7 Å². The van der Waals surface area contributed by atoms with Crippen molar-refractivity contribution in [2.45, 2.75) is 27.7 Å². The van der Waals surface area contributed by atoms with Crippen LogP contribution in [0.5, 0.6) is 0 Å². The van der Waals surface area contributed by atoms with Crippen LogP contribution in [0.4, 0.5) is 0 Å². The number of benzene rings is 2. The average Bonchev–Trinajstić information content (AvgIpc) is 3.50. The molecule has 1 aliphatic rings. The first-order chi connectivity index (χ1) is 15.7. The minimum absolute atomic E-state index is 0. The molecule has 0 unspecified atom stereocenters. The number of aliphatic imine (C=N–C) groups is 1. The van der Waals surface area contributed by atoms with Crippen LogP contribution in [0.25, 0.3) is 22.2 Å². The number of aryl methyl sites for hydroxylation is 2. The molecule has 0 saturated carbocycles. The van der Waals surface area contributed by atoms with E-state index in [4.69, 9.17) is 8.83 Å². The highest BCUT2D eigenvalue weighted by atomic mass is 16.3. The Morgan fingerprint density at radius 2 is 1.39 bits per heavy atom. The minimum Gasteiger partial charge on any atom is -0.469 e. The van der Waals surface area contributed by atoms with Gasteiger partial charge in [0.15, 0.2) is 0 Å². The van der Waals surface area contributed by atoms with Crippen LogP contribution in [0.15, 0.2) is 99.3 Å². The molecule has 4 heterocycles. The summed E-state index contributed by atoms with van der Waals surface area (Å²) >= 11 is 0. The second-order valence-corrected chi connectivity index (χ2v) is 7.96. The Balaban J connectivity index is 0.000000152. The number of aromatic nitrogens is 1. The lowest BCUT2D eigenvalue weighted by atomic mass is 9.98. The highest BCUT2D eigenvalue weighted by Crippen LogP contribution is 2.27. The van der Waals surface area contributed by atoms with E-state index in [9.17, 15) is 0 Å². The van der Waals surface area contributed by atoms with E-state index in [1.165, 1.54) is 16.7 Å². The lowest BCUT2D eigenvalue weighted by Crippen LogP contribution is -2.11. The highest BCUT2D eigenvalue weighted by molar-refractivity contribution is 6.14. The first-order valence-corrected chi connectivity index (χ1v) is 10.8. The molecule has 0 aliphatic carbocycles. The third kappa shape index (κ3) is 4.65. The minimum atomic E-state index is 0. The van der Waals surface area contributed by atoms with Gasteiger partial charge in [0.05, 0.1) is 23.9 Å². The monoisotopic (exact) mass is 436 g/mol. The molecule has 0 fully saturated rings. The fourth-order valence-electron chi connectivity index (χ4n) is 3.89. The Morgan fingerprint density at radius 3 is 2.12 bits per heavy atom. The topological polar surface area (TPSA) is 51.5 Å². The van der Waals surface area contributed by atoms with Crippen molar-refractivity contribution in [1.82, 2.24) is 4.98 Å². The maximum absolute atomic E-state index is 5.45. The van der Waals surface area contributed by atoms with Gasteiger partial charge in [-0.1, -0.05) is 67.1 Å². The van der Waals surface area contributed by atoms with Gasteiger partial charge < -0.3 is 8.83 Å². The maximum atomic E-state index is 5.45. The molecule has 0 spiro atoms. The van der Waals surface area contributed by atoms with Gasteiger partial charge in [-0.05, 0) is 32.0 Å². The molecule has 6 rings (SSSR count). The number of pyridine rings is 1. The van der Waals surface area contributed by atoms with Gasteiger partial charge in [0.2, 0.25) is 0 Å². The van der Waals surface area contributed by atoms with Crippen molar-refractivity contribution in [2.24, 2.45) is 4.99 Å². The van der Waals surface area contributed by atoms with Crippen LogP contribution >= 0.6 is 0 Å². The fraction of sp³-hybridized carbons (Fsp3) is 0.172. The number of fused-ring (bicyclic) bond motifs is 2. The van der Waals surface area contributed by atoms with E-state index in [1.54, 1.807) is 18.7 Å². The molecule has 0 bridgehead atoms. The fourth-order valence-corrected chi connectivity index (χ4v) is 3.89. The second-order valence-electron chi connectivity index (χ2n) is 7.96. The Morgan fingerprint density at radius 1 is 0.727 bits per heavy atom. The molecule has 5 aromatic rings. The van der Waals surface area contributed by atoms with E-state index in [2.05, 4.69) is 72.4 Å². The molecule has 0 saturated heterocycles. The number of furan rings is 2. The van der Waals surface area contributed by atoms with Gasteiger partial charge >= 0.3 is 0 Å². The molecule has 4 nitrogen and oxygen atoms in total. The van der Waals surface area contributed by atoms with Crippen molar-refractivity contribution in [3.8, 4) is 11.3 Å². The summed E-state index contributed by atoms with van der Waals surface area (Å²) < 4.78 is 10.8. The van der Waals surface area contributed by atoms with Gasteiger partial charge in [-0.3, -0.25) is 9.98 Å². The predicted molar refractivity (Wildman–Crippen MR) is 135 cm³/mol. The lowest BCUT2D eigenvalue weighted by molar-refractivity contribution is 0.508. The standard InChI is InChI=1S/C14H13NO.C14H11NO.CH4/c2*1-10-2-4-11(5-3-10)14-12-7-9-16-13(12)6-8-15-14;/h2-5,7,9H,6,8H2,1H3;2-9H,1H3;1H4. The van der Waals surface area contributed by atoms with Gasteiger partial charge in [0, 0.05) is 41.2 Å². The molecule has 2 aromatic carbocycles. The number of nitrogens with zero attached hydrogens (tertiary/aromatic N) is 2.